The van der Waals surface area contributed by atoms with Gasteiger partial charge in [-0.05, 0) is 20.4 Å². The van der Waals surface area contributed by atoms with Crippen molar-refractivity contribution in [2.75, 3.05) is 33.9 Å². The highest BCUT2D eigenvalue weighted by Crippen LogP contribution is 2.62. The van der Waals surface area contributed by atoms with Crippen molar-refractivity contribution in [2.45, 2.75) is 55.8 Å². The lowest BCUT2D eigenvalue weighted by atomic mass is 9.72. The Bertz CT molecular complexity index is 995. The van der Waals surface area contributed by atoms with Gasteiger partial charge in [0, 0.05) is 47.3 Å². The average molecular weight is 428 g/mol. The van der Waals surface area contributed by atoms with Crippen molar-refractivity contribution in [1.29, 1.82) is 5.26 Å². The number of fused-ring (bicyclic) bond motifs is 6. The zero-order valence-corrected chi connectivity index (χ0v) is 17.9. The second-order valence-electron chi connectivity index (χ2n) is 9.46. The Morgan fingerprint density at radius 2 is 2.00 bits per heavy atom. The third kappa shape index (κ3) is 2.12. The molecule has 2 bridgehead atoms. The lowest BCUT2D eigenvalue weighted by Crippen LogP contribution is -2.72. The molecule has 5 aliphatic rings. The zero-order chi connectivity index (χ0) is 21.8. The van der Waals surface area contributed by atoms with Gasteiger partial charge in [-0.15, -0.1) is 0 Å². The summed E-state index contributed by atoms with van der Waals surface area (Å²) in [5.74, 6) is 0.498. The van der Waals surface area contributed by atoms with Crippen molar-refractivity contribution in [1.82, 2.24) is 14.7 Å². The number of nitrogens with zero attached hydrogens (tertiary/aromatic N) is 4. The number of phenolic OH excluding ortho intramolecular Hbond substituents is 2. The van der Waals surface area contributed by atoms with Gasteiger partial charge in [0.2, 0.25) is 0 Å². The van der Waals surface area contributed by atoms with E-state index >= 15 is 0 Å². The topological polar surface area (TPSA) is 113 Å². The molecule has 31 heavy (non-hydrogen) atoms. The van der Waals surface area contributed by atoms with Crippen LogP contribution in [0.3, 0.4) is 0 Å². The van der Waals surface area contributed by atoms with E-state index in [4.69, 9.17) is 9.47 Å². The number of aromatic hydroxyl groups is 2. The summed E-state index contributed by atoms with van der Waals surface area (Å²) < 4.78 is 11.6. The molecule has 166 valence electrons. The molecule has 0 amide bonds. The molecule has 0 aliphatic carbocycles. The number of aliphatic hydroxyl groups is 1. The highest BCUT2D eigenvalue weighted by atomic mass is 16.5. The van der Waals surface area contributed by atoms with Crippen LogP contribution in [0.4, 0.5) is 0 Å². The molecule has 0 spiro atoms. The Labute approximate surface area is 181 Å². The first-order valence-electron chi connectivity index (χ1n) is 11.0. The van der Waals surface area contributed by atoms with Gasteiger partial charge in [0.15, 0.2) is 11.5 Å². The molecular weight excluding hydrogens is 400 g/mol. The molecule has 0 aromatic heterocycles. The van der Waals surface area contributed by atoms with Crippen LogP contribution in [0.15, 0.2) is 0 Å². The van der Waals surface area contributed by atoms with Crippen molar-refractivity contribution in [3.63, 3.8) is 0 Å². The number of phenols is 2. The molecule has 1 aromatic rings. The Hall–Kier alpha value is -2.09. The SMILES string of the molecule is COc1c(C)c(O)c2c(c1O)C(CO)N1C3C2N2CCOC2[C@@H]2C[C@@H](C1C#N)N(C)C32. The van der Waals surface area contributed by atoms with Crippen LogP contribution in [0, 0.1) is 24.2 Å². The van der Waals surface area contributed by atoms with Gasteiger partial charge in [-0.1, -0.05) is 0 Å². The van der Waals surface area contributed by atoms with Crippen LogP contribution in [-0.4, -0.2) is 94.3 Å². The van der Waals surface area contributed by atoms with Crippen molar-refractivity contribution < 1.29 is 24.8 Å². The van der Waals surface area contributed by atoms with E-state index in [1.54, 1.807) is 6.92 Å². The number of hydrogen-bond acceptors (Lipinski definition) is 9. The van der Waals surface area contributed by atoms with Crippen LogP contribution in [0.25, 0.3) is 0 Å². The summed E-state index contributed by atoms with van der Waals surface area (Å²) >= 11 is 0. The van der Waals surface area contributed by atoms with Gasteiger partial charge in [0.1, 0.15) is 18.0 Å². The Kier molecular flexibility index (Phi) is 4.08. The first-order valence-corrected chi connectivity index (χ1v) is 11.0. The van der Waals surface area contributed by atoms with E-state index in [1.807, 2.05) is 0 Å². The monoisotopic (exact) mass is 428 g/mol. The van der Waals surface area contributed by atoms with Crippen molar-refractivity contribution >= 4 is 0 Å². The summed E-state index contributed by atoms with van der Waals surface area (Å²) in [6.07, 6.45) is 0.773. The molecule has 9 nitrogen and oxygen atoms in total. The number of methoxy groups -OCH3 is 1. The predicted molar refractivity (Wildman–Crippen MR) is 109 cm³/mol. The van der Waals surface area contributed by atoms with Gasteiger partial charge >= 0.3 is 0 Å². The van der Waals surface area contributed by atoms with Crippen LogP contribution in [0.1, 0.15) is 35.2 Å². The van der Waals surface area contributed by atoms with Crippen LogP contribution in [-0.2, 0) is 4.74 Å². The number of likely N-dealkylation sites (N-methyl/N-ethyl adjacent to an activating group) is 1. The van der Waals surface area contributed by atoms with Crippen LogP contribution >= 0.6 is 0 Å². The number of hydrogen-bond donors (Lipinski definition) is 3. The molecule has 6 unspecified atom stereocenters. The normalized spacial score (nSPS) is 41.0. The molecule has 5 aliphatic heterocycles. The van der Waals surface area contributed by atoms with E-state index in [1.165, 1.54) is 7.11 Å². The second-order valence-corrected chi connectivity index (χ2v) is 9.46. The van der Waals surface area contributed by atoms with Crippen LogP contribution in [0.5, 0.6) is 17.2 Å². The summed E-state index contributed by atoms with van der Waals surface area (Å²) in [6.45, 7) is 2.81. The fourth-order valence-electron chi connectivity index (χ4n) is 7.49. The summed E-state index contributed by atoms with van der Waals surface area (Å²) in [6, 6.07) is 1.30. The zero-order valence-electron chi connectivity index (χ0n) is 17.9. The molecule has 8 atom stereocenters. The minimum atomic E-state index is -0.598. The van der Waals surface area contributed by atoms with E-state index in [2.05, 4.69) is 27.8 Å². The van der Waals surface area contributed by atoms with Gasteiger partial charge in [-0.2, -0.15) is 5.26 Å². The highest BCUT2D eigenvalue weighted by Gasteiger charge is 2.68. The van der Waals surface area contributed by atoms with Gasteiger partial charge in [0.25, 0.3) is 0 Å². The molecular formula is C22H28N4O5. The molecule has 6 rings (SSSR count). The maximum atomic E-state index is 11.3. The molecule has 4 fully saturated rings. The van der Waals surface area contributed by atoms with Gasteiger partial charge < -0.3 is 24.8 Å². The van der Waals surface area contributed by atoms with Crippen LogP contribution < -0.4 is 4.74 Å². The third-order valence-electron chi connectivity index (χ3n) is 8.55. The van der Waals surface area contributed by atoms with Gasteiger partial charge in [0.05, 0.1) is 38.5 Å². The van der Waals surface area contributed by atoms with Crippen LogP contribution in [0.2, 0.25) is 0 Å². The first kappa shape index (κ1) is 19.6. The Morgan fingerprint density at radius 1 is 1.23 bits per heavy atom. The summed E-state index contributed by atoms with van der Waals surface area (Å²) in [4.78, 5) is 6.73. The smallest absolute Gasteiger partial charge is 0.167 e. The molecule has 0 radical (unpaired) electrons. The Morgan fingerprint density at radius 3 is 2.68 bits per heavy atom. The van der Waals surface area contributed by atoms with Crippen molar-refractivity contribution in [3.8, 4) is 23.3 Å². The van der Waals surface area contributed by atoms with E-state index in [0.717, 1.165) is 13.0 Å². The average Bonchev–Trinajstić information content (AvgIpc) is 3.34. The summed E-state index contributed by atoms with van der Waals surface area (Å²) in [7, 11) is 3.54. The summed E-state index contributed by atoms with van der Waals surface area (Å²) in [5, 5.41) is 43.3. The number of benzene rings is 1. The van der Waals surface area contributed by atoms with Gasteiger partial charge in [-0.3, -0.25) is 14.7 Å². The molecule has 0 saturated carbocycles. The molecule has 3 N–H and O–H groups in total. The minimum Gasteiger partial charge on any atom is -0.507 e. The standard InChI is InChI=1S/C22H28N4O5/c1-9-19(28)15-14(20(29)21(9)30-3)13(8-27)26-12(7-23)11-6-10-16(24(11)2)18(26)17(15)25-4-5-31-22(10)25/h10-13,16-18,22,27-29H,4-6,8H2,1-3H3/t10-,11+,12?,13?,16?,17?,18?,22?/m1/s1. The van der Waals surface area contributed by atoms with Crippen molar-refractivity contribution in [3.05, 3.63) is 16.7 Å². The minimum absolute atomic E-state index is 0.0275. The highest BCUT2D eigenvalue weighted by molar-refractivity contribution is 5.65. The van der Waals surface area contributed by atoms with Crippen molar-refractivity contribution in [2.24, 2.45) is 5.92 Å². The molecule has 1 aromatic carbocycles. The predicted octanol–water partition coefficient (Wildman–Crippen LogP) is 0.440. The van der Waals surface area contributed by atoms with Gasteiger partial charge in [-0.25, -0.2) is 0 Å². The lowest BCUT2D eigenvalue weighted by molar-refractivity contribution is -0.153. The number of piperidine rings is 1. The van der Waals surface area contributed by atoms with E-state index < -0.39 is 12.1 Å². The second kappa shape index (κ2) is 6.47. The largest absolute Gasteiger partial charge is 0.507 e. The third-order valence-corrected chi connectivity index (χ3v) is 8.55. The fourth-order valence-corrected chi connectivity index (χ4v) is 7.49. The number of piperazine rings is 1. The number of aliphatic hydroxyl groups excluding tert-OH is 1. The first-order chi connectivity index (χ1) is 15.0. The van der Waals surface area contributed by atoms with E-state index in [9.17, 15) is 20.6 Å². The fraction of sp³-hybridized carbons (Fsp3) is 0.682. The molecule has 4 saturated heterocycles. The summed E-state index contributed by atoms with van der Waals surface area (Å²) in [5.41, 5.74) is 1.59. The van der Waals surface area contributed by atoms with E-state index in [0.29, 0.717) is 23.3 Å². The quantitative estimate of drug-likeness (QED) is 0.578. The Balaban J connectivity index is 1.68. The maximum absolute atomic E-state index is 11.3. The number of ether oxygens (including phenoxy) is 2. The molecule has 9 heteroatoms. The number of nitriles is 1. The number of rotatable bonds is 2. The lowest BCUT2D eigenvalue weighted by Gasteiger charge is -2.61. The van der Waals surface area contributed by atoms with E-state index in [-0.39, 0.29) is 60.2 Å². The molecule has 5 heterocycles. The maximum Gasteiger partial charge on any atom is 0.167 e.